The van der Waals surface area contributed by atoms with Crippen LogP contribution in [0.3, 0.4) is 0 Å². The number of hydrogen-bond acceptors (Lipinski definition) is 3. The number of halogens is 3. The van der Waals surface area contributed by atoms with Crippen LogP contribution in [-0.2, 0) is 0 Å². The summed E-state index contributed by atoms with van der Waals surface area (Å²) in [6.45, 7) is 0.364. The van der Waals surface area contributed by atoms with Gasteiger partial charge in [-0.1, -0.05) is 0 Å². The summed E-state index contributed by atoms with van der Waals surface area (Å²) in [5.74, 6) is 0.734. The maximum absolute atomic E-state index is 11.9. The monoisotopic (exact) mass is 220 g/mol. The van der Waals surface area contributed by atoms with Crippen molar-refractivity contribution in [3.8, 4) is 5.75 Å². The van der Waals surface area contributed by atoms with Crippen molar-refractivity contribution in [2.45, 2.75) is 13.1 Å². The third-order valence-electron chi connectivity index (χ3n) is 1.71. The highest BCUT2D eigenvalue weighted by molar-refractivity contribution is 5.42. The Morgan fingerprint density at radius 3 is 2.60 bits per heavy atom. The van der Waals surface area contributed by atoms with E-state index in [1.54, 1.807) is 20.0 Å². The van der Waals surface area contributed by atoms with E-state index in [1.807, 2.05) is 0 Å². The van der Waals surface area contributed by atoms with Crippen LogP contribution in [0.25, 0.3) is 0 Å². The van der Waals surface area contributed by atoms with E-state index in [9.17, 15) is 13.2 Å². The van der Waals surface area contributed by atoms with Crippen LogP contribution < -0.4 is 10.1 Å². The van der Waals surface area contributed by atoms with Gasteiger partial charge in [-0.3, -0.25) is 0 Å². The van der Waals surface area contributed by atoms with Crippen LogP contribution in [0.4, 0.5) is 19.0 Å². The average molecular weight is 220 g/mol. The van der Waals surface area contributed by atoms with Gasteiger partial charge >= 0.3 is 6.18 Å². The fourth-order valence-electron chi connectivity index (χ4n) is 0.991. The summed E-state index contributed by atoms with van der Waals surface area (Å²) in [5.41, 5.74) is 0.610. The number of ether oxygens (including phenoxy) is 1. The van der Waals surface area contributed by atoms with Gasteiger partial charge in [0.1, 0.15) is 11.6 Å². The molecular weight excluding hydrogens is 209 g/mol. The second kappa shape index (κ2) is 4.37. The van der Waals surface area contributed by atoms with Crippen molar-refractivity contribution in [2.75, 3.05) is 19.0 Å². The first-order chi connectivity index (χ1) is 6.92. The van der Waals surface area contributed by atoms with E-state index in [2.05, 4.69) is 15.0 Å². The van der Waals surface area contributed by atoms with E-state index in [4.69, 9.17) is 0 Å². The highest BCUT2D eigenvalue weighted by Gasteiger charge is 2.28. The van der Waals surface area contributed by atoms with Crippen LogP contribution in [0.15, 0.2) is 12.3 Å². The van der Waals surface area contributed by atoms with Gasteiger partial charge in [0.05, 0.1) is 6.20 Å². The molecule has 0 aliphatic heterocycles. The Hall–Kier alpha value is -1.46. The molecule has 84 valence electrons. The Balaban J connectivity index is 2.70. The molecule has 0 atom stereocenters. The van der Waals surface area contributed by atoms with Gasteiger partial charge in [-0.2, -0.15) is 13.2 Å². The van der Waals surface area contributed by atoms with Gasteiger partial charge in [-0.15, -0.1) is 0 Å². The molecule has 1 heterocycles. The number of anilines is 1. The van der Waals surface area contributed by atoms with Crippen LogP contribution in [0.5, 0.6) is 5.75 Å². The SMILES string of the molecule is CNc1cc(C)c(OCC(F)(F)F)cn1. The zero-order valence-corrected chi connectivity index (χ0v) is 8.35. The van der Waals surface area contributed by atoms with Crippen molar-refractivity contribution >= 4 is 5.82 Å². The fourth-order valence-corrected chi connectivity index (χ4v) is 0.991. The van der Waals surface area contributed by atoms with E-state index in [0.29, 0.717) is 11.4 Å². The second-order valence-corrected chi connectivity index (χ2v) is 2.99. The predicted octanol–water partition coefficient (Wildman–Crippen LogP) is 2.37. The number of aromatic nitrogens is 1. The van der Waals surface area contributed by atoms with Crippen LogP contribution in [0.2, 0.25) is 0 Å². The first-order valence-electron chi connectivity index (χ1n) is 4.26. The maximum atomic E-state index is 11.9. The van der Waals surface area contributed by atoms with Crippen molar-refractivity contribution < 1.29 is 17.9 Å². The number of pyridine rings is 1. The first-order valence-corrected chi connectivity index (χ1v) is 4.26. The fraction of sp³-hybridized carbons (Fsp3) is 0.444. The number of aryl methyl sites for hydroxylation is 1. The molecule has 0 amide bonds. The van der Waals surface area contributed by atoms with Gasteiger partial charge in [-0.25, -0.2) is 4.98 Å². The van der Waals surface area contributed by atoms with Crippen molar-refractivity contribution in [3.05, 3.63) is 17.8 Å². The molecule has 1 N–H and O–H groups in total. The summed E-state index contributed by atoms with van der Waals surface area (Å²) < 4.78 is 40.2. The lowest BCUT2D eigenvalue weighted by Gasteiger charge is -2.11. The molecule has 0 aliphatic rings. The smallest absolute Gasteiger partial charge is 0.422 e. The number of alkyl halides is 3. The molecule has 0 radical (unpaired) electrons. The molecule has 3 nitrogen and oxygen atoms in total. The Kier molecular flexibility index (Phi) is 3.39. The number of nitrogens with one attached hydrogen (secondary N) is 1. The molecule has 0 spiro atoms. The van der Waals surface area contributed by atoms with Gasteiger partial charge in [0, 0.05) is 7.05 Å². The zero-order valence-electron chi connectivity index (χ0n) is 8.35. The molecule has 0 bridgehead atoms. The molecule has 15 heavy (non-hydrogen) atoms. The molecule has 0 aromatic carbocycles. The van der Waals surface area contributed by atoms with Gasteiger partial charge in [0.2, 0.25) is 0 Å². The van der Waals surface area contributed by atoms with Gasteiger partial charge < -0.3 is 10.1 Å². The lowest BCUT2D eigenvalue weighted by molar-refractivity contribution is -0.153. The van der Waals surface area contributed by atoms with Crippen LogP contribution in [0, 0.1) is 6.92 Å². The molecule has 0 aliphatic carbocycles. The first kappa shape index (κ1) is 11.6. The third-order valence-corrected chi connectivity index (χ3v) is 1.71. The molecule has 0 saturated carbocycles. The van der Waals surface area contributed by atoms with Gasteiger partial charge in [0.15, 0.2) is 6.61 Å². The lowest BCUT2D eigenvalue weighted by Crippen LogP contribution is -2.19. The summed E-state index contributed by atoms with van der Waals surface area (Å²) in [6.07, 6.45) is -3.05. The normalized spacial score (nSPS) is 11.3. The molecule has 0 unspecified atom stereocenters. The zero-order chi connectivity index (χ0) is 11.5. The Morgan fingerprint density at radius 1 is 1.47 bits per heavy atom. The lowest BCUT2D eigenvalue weighted by atomic mass is 10.3. The van der Waals surface area contributed by atoms with Crippen LogP contribution >= 0.6 is 0 Å². The summed E-state index contributed by atoms with van der Waals surface area (Å²) in [5, 5.41) is 2.78. The minimum Gasteiger partial charge on any atom is -0.482 e. The summed E-state index contributed by atoms with van der Waals surface area (Å²) in [7, 11) is 1.68. The summed E-state index contributed by atoms with van der Waals surface area (Å²) in [4.78, 5) is 3.86. The molecule has 1 aromatic rings. The van der Waals surface area contributed by atoms with Gasteiger partial charge in [-0.05, 0) is 18.6 Å². The predicted molar refractivity (Wildman–Crippen MR) is 50.1 cm³/mol. The van der Waals surface area contributed by atoms with Gasteiger partial charge in [0.25, 0.3) is 0 Å². The molecule has 6 heteroatoms. The van der Waals surface area contributed by atoms with Crippen LogP contribution in [0.1, 0.15) is 5.56 Å². The Labute approximate surface area is 85.3 Å². The van der Waals surface area contributed by atoms with E-state index in [-0.39, 0.29) is 5.75 Å². The largest absolute Gasteiger partial charge is 0.482 e. The van der Waals surface area contributed by atoms with Crippen LogP contribution in [-0.4, -0.2) is 24.8 Å². The minimum absolute atomic E-state index is 0.145. The van der Waals surface area contributed by atoms with Crippen molar-refractivity contribution in [2.24, 2.45) is 0 Å². The Bertz CT molecular complexity index is 339. The van der Waals surface area contributed by atoms with Crippen molar-refractivity contribution in [1.82, 2.24) is 4.98 Å². The molecular formula is C9H11F3N2O. The van der Waals surface area contributed by atoms with Crippen molar-refractivity contribution in [3.63, 3.8) is 0 Å². The van der Waals surface area contributed by atoms with E-state index < -0.39 is 12.8 Å². The number of hydrogen-bond donors (Lipinski definition) is 1. The average Bonchev–Trinajstić information content (AvgIpc) is 2.14. The quantitative estimate of drug-likeness (QED) is 0.849. The van der Waals surface area contributed by atoms with Crippen molar-refractivity contribution in [1.29, 1.82) is 0 Å². The van der Waals surface area contributed by atoms with E-state index >= 15 is 0 Å². The highest BCUT2D eigenvalue weighted by atomic mass is 19.4. The number of rotatable bonds is 3. The topological polar surface area (TPSA) is 34.1 Å². The summed E-state index contributed by atoms with van der Waals surface area (Å²) in [6, 6.07) is 1.62. The highest BCUT2D eigenvalue weighted by Crippen LogP contribution is 2.22. The maximum Gasteiger partial charge on any atom is 0.422 e. The minimum atomic E-state index is -4.33. The van der Waals surface area contributed by atoms with E-state index in [0.717, 1.165) is 0 Å². The molecule has 0 saturated heterocycles. The Morgan fingerprint density at radius 2 is 2.13 bits per heavy atom. The molecule has 1 rings (SSSR count). The van der Waals surface area contributed by atoms with E-state index in [1.165, 1.54) is 6.20 Å². The molecule has 1 aromatic heterocycles. The molecule has 0 fully saturated rings. The standard InChI is InChI=1S/C9H11F3N2O/c1-6-3-8(13-2)14-4-7(6)15-5-9(10,11)12/h3-4H,5H2,1-2H3,(H,13,14). The number of nitrogens with zero attached hydrogens (tertiary/aromatic N) is 1. The summed E-state index contributed by atoms with van der Waals surface area (Å²) >= 11 is 0. The third kappa shape index (κ3) is 3.65. The second-order valence-electron chi connectivity index (χ2n) is 2.99.